The van der Waals surface area contributed by atoms with Crippen molar-refractivity contribution in [2.45, 2.75) is 44.7 Å². The van der Waals surface area contributed by atoms with Gasteiger partial charge >= 0.3 is 0 Å². The molecular weight excluding hydrogens is 296 g/mol. The predicted molar refractivity (Wildman–Crippen MR) is 93.4 cm³/mol. The molecule has 1 aromatic rings. The first-order chi connectivity index (χ1) is 11.7. The van der Waals surface area contributed by atoms with E-state index >= 15 is 0 Å². The lowest BCUT2D eigenvalue weighted by Gasteiger charge is -2.35. The second kappa shape index (κ2) is 4.83. The Bertz CT molecular complexity index is 857. The first-order valence-corrected chi connectivity index (χ1v) is 8.94. The fourth-order valence-corrected chi connectivity index (χ4v) is 5.42. The van der Waals surface area contributed by atoms with Gasteiger partial charge in [-0.3, -0.25) is 4.79 Å². The van der Waals surface area contributed by atoms with Crippen LogP contribution in [-0.2, 0) is 4.79 Å². The van der Waals surface area contributed by atoms with Gasteiger partial charge < -0.3 is 4.90 Å². The van der Waals surface area contributed by atoms with Crippen molar-refractivity contribution >= 4 is 17.5 Å². The summed E-state index contributed by atoms with van der Waals surface area (Å²) in [4.78, 5) is 15.5. The summed E-state index contributed by atoms with van der Waals surface area (Å²) in [6.45, 7) is 2.11. The zero-order valence-electron chi connectivity index (χ0n) is 13.8. The molecule has 120 valence electrons. The second-order valence-electron chi connectivity index (χ2n) is 7.47. The van der Waals surface area contributed by atoms with Crippen molar-refractivity contribution in [1.29, 1.82) is 5.26 Å². The van der Waals surface area contributed by atoms with Crippen molar-refractivity contribution in [3.8, 4) is 6.07 Å². The average Bonchev–Trinajstić information content (AvgIpc) is 3.09. The minimum atomic E-state index is -0.160. The standard InChI is InChI=1S/C21H20N2O/c1-12-5-4-6-13-9-10-17-16(11-22)18-14-7-2-3-8-15(14)21(24)20(18)23(17)19(12)13/h4-6,9-10,16-18,20H,2-3,7-8H2,1H3/t16-,17+,18+,20-/m0/s1. The molecule has 0 spiro atoms. The predicted octanol–water partition coefficient (Wildman–Crippen LogP) is 3.79. The van der Waals surface area contributed by atoms with Crippen LogP contribution in [0.15, 0.2) is 35.4 Å². The lowest BCUT2D eigenvalue weighted by molar-refractivity contribution is -0.116. The highest BCUT2D eigenvalue weighted by molar-refractivity contribution is 6.07. The monoisotopic (exact) mass is 316 g/mol. The molecule has 1 fully saturated rings. The molecule has 2 aliphatic carbocycles. The molecule has 4 aliphatic rings. The largest absolute Gasteiger partial charge is 0.352 e. The van der Waals surface area contributed by atoms with Gasteiger partial charge in [-0.05, 0) is 49.3 Å². The summed E-state index contributed by atoms with van der Waals surface area (Å²) in [6.07, 6.45) is 8.46. The number of para-hydroxylation sites is 1. The molecule has 0 amide bonds. The van der Waals surface area contributed by atoms with Gasteiger partial charge in [-0.15, -0.1) is 0 Å². The van der Waals surface area contributed by atoms with Crippen LogP contribution >= 0.6 is 0 Å². The molecule has 1 saturated heterocycles. The van der Waals surface area contributed by atoms with E-state index in [1.54, 1.807) is 0 Å². The van der Waals surface area contributed by atoms with E-state index in [2.05, 4.69) is 48.2 Å². The Balaban J connectivity index is 1.71. The number of benzene rings is 1. The van der Waals surface area contributed by atoms with Gasteiger partial charge in [-0.25, -0.2) is 0 Å². The third-order valence-corrected chi connectivity index (χ3v) is 6.34. The fourth-order valence-electron chi connectivity index (χ4n) is 5.42. The van der Waals surface area contributed by atoms with Crippen molar-refractivity contribution in [1.82, 2.24) is 0 Å². The Morgan fingerprint density at radius 1 is 1.25 bits per heavy atom. The summed E-state index contributed by atoms with van der Waals surface area (Å²) in [5.74, 6) is 0.272. The van der Waals surface area contributed by atoms with Crippen molar-refractivity contribution < 1.29 is 4.79 Å². The van der Waals surface area contributed by atoms with Crippen molar-refractivity contribution in [2.24, 2.45) is 11.8 Å². The minimum Gasteiger partial charge on any atom is -0.352 e. The highest BCUT2D eigenvalue weighted by Crippen LogP contribution is 2.54. The number of carbonyl (C=O) groups excluding carboxylic acids is 1. The number of carbonyl (C=O) groups is 1. The smallest absolute Gasteiger partial charge is 0.181 e. The van der Waals surface area contributed by atoms with E-state index in [0.29, 0.717) is 5.78 Å². The molecule has 0 N–H and O–H groups in total. The van der Waals surface area contributed by atoms with Gasteiger partial charge in [0.05, 0.1) is 18.0 Å². The molecule has 0 bridgehead atoms. The van der Waals surface area contributed by atoms with Gasteiger partial charge in [-0.1, -0.05) is 35.9 Å². The molecule has 3 heteroatoms. The summed E-state index contributed by atoms with van der Waals surface area (Å²) in [6, 6.07) is 8.70. The number of rotatable bonds is 0. The number of nitriles is 1. The first kappa shape index (κ1) is 14.0. The van der Waals surface area contributed by atoms with Gasteiger partial charge in [0, 0.05) is 11.6 Å². The molecule has 3 nitrogen and oxygen atoms in total. The molecule has 24 heavy (non-hydrogen) atoms. The Kier molecular flexibility index (Phi) is 2.83. The van der Waals surface area contributed by atoms with Crippen LogP contribution in [0.5, 0.6) is 0 Å². The maximum atomic E-state index is 13.2. The SMILES string of the molecule is Cc1cccc2c1N1[C@H](C=C2)[C@H](C#N)[C@H]2C3=C(CCCC3)C(=O)[C@H]21. The maximum Gasteiger partial charge on any atom is 0.181 e. The Morgan fingerprint density at radius 3 is 2.92 bits per heavy atom. The number of fused-ring (bicyclic) bond motifs is 6. The topological polar surface area (TPSA) is 44.1 Å². The molecule has 1 aromatic carbocycles. The third-order valence-electron chi connectivity index (χ3n) is 6.34. The Labute approximate surface area is 142 Å². The number of Topliss-reactive ketones (excluding diaryl/α,β-unsaturated/α-hetero) is 1. The molecule has 2 aliphatic heterocycles. The zero-order chi connectivity index (χ0) is 16.4. The van der Waals surface area contributed by atoms with E-state index in [4.69, 9.17) is 0 Å². The first-order valence-electron chi connectivity index (χ1n) is 8.94. The third kappa shape index (κ3) is 1.59. The van der Waals surface area contributed by atoms with Gasteiger partial charge in [0.25, 0.3) is 0 Å². The quantitative estimate of drug-likeness (QED) is 0.731. The van der Waals surface area contributed by atoms with E-state index in [-0.39, 0.29) is 23.9 Å². The molecule has 0 aromatic heterocycles. The summed E-state index contributed by atoms with van der Waals surface area (Å²) >= 11 is 0. The number of anilines is 1. The molecule has 5 rings (SSSR count). The molecular formula is C21H20N2O. The Morgan fingerprint density at radius 2 is 2.08 bits per heavy atom. The van der Waals surface area contributed by atoms with E-state index in [0.717, 1.165) is 36.9 Å². The zero-order valence-corrected chi connectivity index (χ0v) is 13.8. The number of ketones is 1. The van der Waals surface area contributed by atoms with E-state index in [1.807, 2.05) is 0 Å². The van der Waals surface area contributed by atoms with Crippen LogP contribution in [0.1, 0.15) is 36.8 Å². The molecule has 0 saturated carbocycles. The van der Waals surface area contributed by atoms with E-state index in [9.17, 15) is 10.1 Å². The molecule has 2 heterocycles. The lowest BCUT2D eigenvalue weighted by atomic mass is 9.81. The van der Waals surface area contributed by atoms with Gasteiger partial charge in [0.15, 0.2) is 5.78 Å². The molecule has 0 radical (unpaired) electrons. The lowest BCUT2D eigenvalue weighted by Crippen LogP contribution is -2.43. The second-order valence-corrected chi connectivity index (χ2v) is 7.47. The van der Waals surface area contributed by atoms with Crippen LogP contribution in [0.3, 0.4) is 0 Å². The summed E-state index contributed by atoms with van der Waals surface area (Å²) in [5, 5.41) is 9.90. The van der Waals surface area contributed by atoms with Crippen LogP contribution in [0.2, 0.25) is 0 Å². The number of aryl methyl sites for hydroxylation is 1. The average molecular weight is 316 g/mol. The number of hydrogen-bond acceptors (Lipinski definition) is 3. The Hall–Kier alpha value is -2.34. The van der Waals surface area contributed by atoms with Crippen molar-refractivity contribution in [3.63, 3.8) is 0 Å². The van der Waals surface area contributed by atoms with Crippen molar-refractivity contribution in [3.05, 3.63) is 46.5 Å². The highest BCUT2D eigenvalue weighted by Gasteiger charge is 2.58. The molecule has 4 atom stereocenters. The normalized spacial score (nSPS) is 33.0. The highest BCUT2D eigenvalue weighted by atomic mass is 16.1. The maximum absolute atomic E-state index is 13.2. The van der Waals surface area contributed by atoms with Crippen LogP contribution < -0.4 is 4.90 Å². The van der Waals surface area contributed by atoms with Crippen LogP contribution in [0.4, 0.5) is 5.69 Å². The summed E-state index contributed by atoms with van der Waals surface area (Å²) in [7, 11) is 0. The minimum absolute atomic E-state index is 0.0264. The number of nitrogens with zero attached hydrogens (tertiary/aromatic N) is 2. The van der Waals surface area contributed by atoms with E-state index < -0.39 is 0 Å². The van der Waals surface area contributed by atoms with Gasteiger partial charge in [0.2, 0.25) is 0 Å². The van der Waals surface area contributed by atoms with Gasteiger partial charge in [-0.2, -0.15) is 5.26 Å². The van der Waals surface area contributed by atoms with E-state index in [1.165, 1.54) is 16.7 Å². The van der Waals surface area contributed by atoms with Crippen LogP contribution in [0.25, 0.3) is 6.08 Å². The van der Waals surface area contributed by atoms with Crippen LogP contribution in [-0.4, -0.2) is 17.9 Å². The van der Waals surface area contributed by atoms with Crippen LogP contribution in [0, 0.1) is 30.1 Å². The summed E-state index contributed by atoms with van der Waals surface area (Å²) in [5.41, 5.74) is 5.88. The van der Waals surface area contributed by atoms with Crippen molar-refractivity contribution in [2.75, 3.05) is 4.90 Å². The van der Waals surface area contributed by atoms with Gasteiger partial charge in [0.1, 0.15) is 6.04 Å². The number of hydrogen-bond donors (Lipinski definition) is 0. The fraction of sp³-hybridized carbons (Fsp3) is 0.429. The molecule has 0 unspecified atom stereocenters. The summed E-state index contributed by atoms with van der Waals surface area (Å²) < 4.78 is 0.